The second kappa shape index (κ2) is 5.37. The Kier molecular flexibility index (Phi) is 3.92. The third-order valence-electron chi connectivity index (χ3n) is 6.26. The molecule has 0 bridgehead atoms. The summed E-state index contributed by atoms with van der Waals surface area (Å²) in [7, 11) is 0. The van der Waals surface area contributed by atoms with Gasteiger partial charge in [0.25, 0.3) is 0 Å². The van der Waals surface area contributed by atoms with Crippen molar-refractivity contribution in [2.24, 2.45) is 17.6 Å². The predicted octanol–water partition coefficient (Wildman–Crippen LogP) is 4.02. The van der Waals surface area contributed by atoms with Crippen LogP contribution in [0.4, 0.5) is 0 Å². The summed E-state index contributed by atoms with van der Waals surface area (Å²) in [6.45, 7) is 3.35. The molecular formula is C17H31NO. The van der Waals surface area contributed by atoms with E-state index < -0.39 is 0 Å². The third kappa shape index (κ3) is 2.85. The fraction of sp³-hybridized carbons (Fsp3) is 1.00. The normalized spacial score (nSPS) is 43.3. The van der Waals surface area contributed by atoms with Crippen molar-refractivity contribution in [2.45, 2.75) is 88.7 Å². The van der Waals surface area contributed by atoms with Gasteiger partial charge in [0.2, 0.25) is 0 Å². The van der Waals surface area contributed by atoms with E-state index in [9.17, 15) is 0 Å². The van der Waals surface area contributed by atoms with Gasteiger partial charge in [-0.15, -0.1) is 0 Å². The summed E-state index contributed by atoms with van der Waals surface area (Å²) < 4.78 is 6.19. The molecule has 0 aromatic carbocycles. The first-order valence-corrected chi connectivity index (χ1v) is 8.55. The van der Waals surface area contributed by atoms with Crippen molar-refractivity contribution >= 4 is 0 Å². The van der Waals surface area contributed by atoms with Crippen molar-refractivity contribution in [2.75, 3.05) is 6.61 Å². The van der Waals surface area contributed by atoms with E-state index in [4.69, 9.17) is 10.5 Å². The molecule has 1 spiro atoms. The van der Waals surface area contributed by atoms with E-state index >= 15 is 0 Å². The molecule has 110 valence electrons. The summed E-state index contributed by atoms with van der Waals surface area (Å²) in [4.78, 5) is 0. The summed E-state index contributed by atoms with van der Waals surface area (Å²) in [6, 6.07) is 0. The fourth-order valence-corrected chi connectivity index (χ4v) is 4.86. The van der Waals surface area contributed by atoms with Crippen LogP contribution in [0.25, 0.3) is 0 Å². The molecule has 2 heteroatoms. The lowest BCUT2D eigenvalue weighted by Crippen LogP contribution is -2.52. The largest absolute Gasteiger partial charge is 0.375 e. The highest BCUT2D eigenvalue weighted by Gasteiger charge is 2.46. The van der Waals surface area contributed by atoms with Crippen LogP contribution in [0.5, 0.6) is 0 Å². The van der Waals surface area contributed by atoms with Crippen molar-refractivity contribution in [3.63, 3.8) is 0 Å². The molecule has 0 amide bonds. The van der Waals surface area contributed by atoms with E-state index in [1.807, 2.05) is 0 Å². The molecule has 3 rings (SSSR count). The summed E-state index contributed by atoms with van der Waals surface area (Å²) >= 11 is 0. The standard InChI is InChI=1S/C17H31NO/c1-14-5-4-10-17(18,11-6-14)15-7-12-19-16(13-15)8-2-3-9-16/h14-15H,2-13,18H2,1H3. The van der Waals surface area contributed by atoms with Crippen molar-refractivity contribution < 1.29 is 4.74 Å². The molecule has 1 aliphatic heterocycles. The highest BCUT2D eigenvalue weighted by atomic mass is 16.5. The van der Waals surface area contributed by atoms with E-state index in [1.165, 1.54) is 70.6 Å². The van der Waals surface area contributed by atoms with Gasteiger partial charge in [0.05, 0.1) is 5.60 Å². The number of nitrogens with two attached hydrogens (primary N) is 1. The van der Waals surface area contributed by atoms with Gasteiger partial charge in [-0.2, -0.15) is 0 Å². The maximum atomic E-state index is 6.89. The Morgan fingerprint density at radius 1 is 0.947 bits per heavy atom. The number of hydrogen-bond donors (Lipinski definition) is 1. The molecule has 0 radical (unpaired) electrons. The SMILES string of the molecule is CC1CCCC(N)(C2CCOC3(CCCC3)C2)CC1. The topological polar surface area (TPSA) is 35.2 Å². The highest BCUT2D eigenvalue weighted by molar-refractivity contribution is 5.00. The second-order valence-corrected chi connectivity index (χ2v) is 7.70. The Hall–Kier alpha value is -0.0800. The summed E-state index contributed by atoms with van der Waals surface area (Å²) in [5.41, 5.74) is 7.24. The molecule has 2 N–H and O–H groups in total. The summed E-state index contributed by atoms with van der Waals surface area (Å²) in [5.74, 6) is 1.59. The maximum Gasteiger partial charge on any atom is 0.0685 e. The van der Waals surface area contributed by atoms with Crippen molar-refractivity contribution in [1.29, 1.82) is 0 Å². The molecule has 1 saturated heterocycles. The van der Waals surface area contributed by atoms with Gasteiger partial charge in [0.1, 0.15) is 0 Å². The van der Waals surface area contributed by atoms with Crippen LogP contribution in [-0.4, -0.2) is 17.7 Å². The molecule has 19 heavy (non-hydrogen) atoms. The van der Waals surface area contributed by atoms with Crippen molar-refractivity contribution in [1.82, 2.24) is 0 Å². The van der Waals surface area contributed by atoms with E-state index in [0.29, 0.717) is 5.92 Å². The highest BCUT2D eigenvalue weighted by Crippen LogP contribution is 2.47. The molecule has 2 aliphatic carbocycles. The van der Waals surface area contributed by atoms with Crippen molar-refractivity contribution in [3.8, 4) is 0 Å². The van der Waals surface area contributed by atoms with Crippen LogP contribution in [-0.2, 0) is 4.74 Å². The molecule has 3 aliphatic rings. The summed E-state index contributed by atoms with van der Waals surface area (Å²) in [6.07, 6.45) is 14.3. The molecular weight excluding hydrogens is 234 g/mol. The third-order valence-corrected chi connectivity index (χ3v) is 6.26. The molecule has 3 fully saturated rings. The molecule has 2 nitrogen and oxygen atoms in total. The molecule has 2 saturated carbocycles. The van der Waals surface area contributed by atoms with Gasteiger partial charge >= 0.3 is 0 Å². The second-order valence-electron chi connectivity index (χ2n) is 7.70. The minimum Gasteiger partial charge on any atom is -0.375 e. The van der Waals surface area contributed by atoms with Gasteiger partial charge in [-0.05, 0) is 56.8 Å². The van der Waals surface area contributed by atoms with Gasteiger partial charge in [0, 0.05) is 12.1 Å². The zero-order valence-electron chi connectivity index (χ0n) is 12.6. The zero-order chi connectivity index (χ0) is 13.3. The van der Waals surface area contributed by atoms with E-state index in [2.05, 4.69) is 6.92 Å². The predicted molar refractivity (Wildman–Crippen MR) is 79.0 cm³/mol. The van der Waals surface area contributed by atoms with Gasteiger partial charge in [0.15, 0.2) is 0 Å². The quantitative estimate of drug-likeness (QED) is 0.727. The number of ether oxygens (including phenoxy) is 1. The molecule has 3 unspecified atom stereocenters. The maximum absolute atomic E-state index is 6.89. The monoisotopic (exact) mass is 265 g/mol. The Bertz CT molecular complexity index is 310. The molecule has 0 aromatic rings. The Morgan fingerprint density at radius 2 is 1.74 bits per heavy atom. The zero-order valence-corrected chi connectivity index (χ0v) is 12.6. The molecule has 1 heterocycles. The van der Waals surface area contributed by atoms with Crippen molar-refractivity contribution in [3.05, 3.63) is 0 Å². The van der Waals surface area contributed by atoms with E-state index in [-0.39, 0.29) is 11.1 Å². The first kappa shape index (κ1) is 13.9. The van der Waals surface area contributed by atoms with Crippen LogP contribution in [0.3, 0.4) is 0 Å². The molecule has 3 atom stereocenters. The summed E-state index contributed by atoms with van der Waals surface area (Å²) in [5, 5.41) is 0. The number of hydrogen-bond acceptors (Lipinski definition) is 2. The molecule has 0 aromatic heterocycles. The van der Waals surface area contributed by atoms with Gasteiger partial charge in [-0.25, -0.2) is 0 Å². The van der Waals surface area contributed by atoms with Crippen LogP contribution in [0.1, 0.15) is 77.6 Å². The van der Waals surface area contributed by atoms with Crippen LogP contribution >= 0.6 is 0 Å². The van der Waals surface area contributed by atoms with Crippen LogP contribution < -0.4 is 5.73 Å². The Labute approximate surface area is 118 Å². The van der Waals surface area contributed by atoms with Gasteiger partial charge in [-0.3, -0.25) is 0 Å². The van der Waals surface area contributed by atoms with Crippen LogP contribution in [0.15, 0.2) is 0 Å². The smallest absolute Gasteiger partial charge is 0.0685 e. The van der Waals surface area contributed by atoms with Crippen LogP contribution in [0.2, 0.25) is 0 Å². The lowest BCUT2D eigenvalue weighted by atomic mass is 9.70. The Balaban J connectivity index is 1.69. The average molecular weight is 265 g/mol. The number of rotatable bonds is 1. The minimum atomic E-state index is 0.115. The fourth-order valence-electron chi connectivity index (χ4n) is 4.86. The van der Waals surface area contributed by atoms with Gasteiger partial charge in [-0.1, -0.05) is 32.6 Å². The van der Waals surface area contributed by atoms with E-state index in [0.717, 1.165) is 12.5 Å². The first-order valence-electron chi connectivity index (χ1n) is 8.55. The Morgan fingerprint density at radius 3 is 2.53 bits per heavy atom. The lowest BCUT2D eigenvalue weighted by Gasteiger charge is -2.46. The van der Waals surface area contributed by atoms with E-state index in [1.54, 1.807) is 0 Å². The lowest BCUT2D eigenvalue weighted by molar-refractivity contribution is -0.106. The van der Waals surface area contributed by atoms with Crippen LogP contribution in [0, 0.1) is 11.8 Å². The van der Waals surface area contributed by atoms with Gasteiger partial charge < -0.3 is 10.5 Å². The first-order chi connectivity index (χ1) is 9.12. The average Bonchev–Trinajstić information content (AvgIpc) is 2.76. The minimum absolute atomic E-state index is 0.115.